The molecule has 2 nitrogen and oxygen atoms in total. The van der Waals surface area contributed by atoms with Crippen molar-refractivity contribution in [3.63, 3.8) is 0 Å². The first kappa shape index (κ1) is 8.72. The Morgan fingerprint density at radius 1 is 1.55 bits per heavy atom. The zero-order valence-corrected chi connectivity index (χ0v) is 7.23. The Labute approximate surface area is 68.2 Å². The van der Waals surface area contributed by atoms with Crippen LogP contribution in [0.4, 0.5) is 0 Å². The van der Waals surface area contributed by atoms with Gasteiger partial charge in [0, 0.05) is 18.4 Å². The fourth-order valence-corrected chi connectivity index (χ4v) is 1.35. The average molecular weight is 155 g/mol. The number of carbonyl (C=O) groups is 1. The van der Waals surface area contributed by atoms with E-state index < -0.39 is 0 Å². The minimum atomic E-state index is -0.0603. The van der Waals surface area contributed by atoms with Crippen LogP contribution in [-0.2, 0) is 4.79 Å². The molecule has 2 N–H and O–H groups in total. The van der Waals surface area contributed by atoms with Crippen LogP contribution in [0.3, 0.4) is 0 Å². The second-order valence-electron chi connectivity index (χ2n) is 3.51. The lowest BCUT2D eigenvalue weighted by Gasteiger charge is -2.09. The second-order valence-corrected chi connectivity index (χ2v) is 3.51. The van der Waals surface area contributed by atoms with Crippen LogP contribution in [0.2, 0.25) is 0 Å². The predicted molar refractivity (Wildman–Crippen MR) is 45.3 cm³/mol. The normalized spacial score (nSPS) is 19.8. The van der Waals surface area contributed by atoms with Crippen molar-refractivity contribution in [2.75, 3.05) is 6.54 Å². The van der Waals surface area contributed by atoms with E-state index in [4.69, 9.17) is 5.73 Å². The summed E-state index contributed by atoms with van der Waals surface area (Å²) < 4.78 is 0. The van der Waals surface area contributed by atoms with Crippen molar-refractivity contribution in [1.29, 1.82) is 0 Å². The number of hydrogen-bond acceptors (Lipinski definition) is 2. The topological polar surface area (TPSA) is 43.1 Å². The van der Waals surface area contributed by atoms with Gasteiger partial charge < -0.3 is 5.73 Å². The van der Waals surface area contributed by atoms with Crippen molar-refractivity contribution in [2.24, 2.45) is 11.1 Å². The predicted octanol–water partition coefficient (Wildman–Crippen LogP) is 1.48. The van der Waals surface area contributed by atoms with Crippen LogP contribution in [0.25, 0.3) is 0 Å². The third kappa shape index (κ3) is 1.80. The van der Waals surface area contributed by atoms with E-state index in [1.54, 1.807) is 0 Å². The number of ketones is 1. The lowest BCUT2D eigenvalue weighted by molar-refractivity contribution is -0.123. The third-order valence-corrected chi connectivity index (χ3v) is 2.59. The zero-order chi connectivity index (χ0) is 8.32. The van der Waals surface area contributed by atoms with Crippen molar-refractivity contribution in [2.45, 2.75) is 39.0 Å². The molecule has 0 unspecified atom stereocenters. The van der Waals surface area contributed by atoms with E-state index in [9.17, 15) is 4.79 Å². The number of hydrogen-bond donors (Lipinski definition) is 1. The van der Waals surface area contributed by atoms with Gasteiger partial charge in [0.15, 0.2) is 0 Å². The molecule has 0 bridgehead atoms. The highest BCUT2D eigenvalue weighted by molar-refractivity contribution is 5.87. The maximum atomic E-state index is 11.4. The summed E-state index contributed by atoms with van der Waals surface area (Å²) in [6.45, 7) is 2.67. The van der Waals surface area contributed by atoms with Gasteiger partial charge in [-0.2, -0.15) is 0 Å². The number of carbonyl (C=O) groups excluding carboxylic acids is 1. The van der Waals surface area contributed by atoms with Crippen molar-refractivity contribution < 1.29 is 4.79 Å². The molecule has 1 saturated carbocycles. The Morgan fingerprint density at radius 3 is 2.55 bits per heavy atom. The van der Waals surface area contributed by atoms with E-state index in [1.165, 1.54) is 0 Å². The molecule has 2 heteroatoms. The van der Waals surface area contributed by atoms with Gasteiger partial charge >= 0.3 is 0 Å². The summed E-state index contributed by atoms with van der Waals surface area (Å²) in [5.41, 5.74) is 5.46. The molecule has 0 radical (unpaired) electrons. The van der Waals surface area contributed by atoms with Crippen LogP contribution in [0.5, 0.6) is 0 Å². The largest absolute Gasteiger partial charge is 0.329 e. The molecule has 0 spiro atoms. The van der Waals surface area contributed by atoms with Crippen LogP contribution in [0.1, 0.15) is 39.0 Å². The molecule has 0 heterocycles. The van der Waals surface area contributed by atoms with Crippen LogP contribution < -0.4 is 5.73 Å². The maximum Gasteiger partial charge on any atom is 0.140 e. The van der Waals surface area contributed by atoms with Crippen LogP contribution in [0.15, 0.2) is 0 Å². The van der Waals surface area contributed by atoms with Gasteiger partial charge in [-0.15, -0.1) is 0 Å². The third-order valence-electron chi connectivity index (χ3n) is 2.59. The number of Topliss-reactive ketones (excluding diaryl/α,β-unsaturated/α-hetero) is 1. The Kier molecular flexibility index (Phi) is 2.66. The van der Waals surface area contributed by atoms with E-state index in [0.717, 1.165) is 32.1 Å². The van der Waals surface area contributed by atoms with Gasteiger partial charge in [-0.05, 0) is 19.3 Å². The highest BCUT2D eigenvalue weighted by Gasteiger charge is 2.47. The van der Waals surface area contributed by atoms with Crippen LogP contribution in [0, 0.1) is 5.41 Å². The monoisotopic (exact) mass is 155 g/mol. The van der Waals surface area contributed by atoms with Gasteiger partial charge in [-0.1, -0.05) is 13.3 Å². The van der Waals surface area contributed by atoms with Gasteiger partial charge in [0.25, 0.3) is 0 Å². The molecular formula is C9H17NO. The summed E-state index contributed by atoms with van der Waals surface area (Å²) in [6, 6.07) is 0. The Hall–Kier alpha value is -0.370. The van der Waals surface area contributed by atoms with Gasteiger partial charge in [0.2, 0.25) is 0 Å². The molecule has 1 aliphatic rings. The maximum absolute atomic E-state index is 11.4. The summed E-state index contributed by atoms with van der Waals surface area (Å²) in [4.78, 5) is 11.4. The van der Waals surface area contributed by atoms with Gasteiger partial charge in [0.05, 0.1) is 0 Å². The van der Waals surface area contributed by atoms with E-state index in [-0.39, 0.29) is 5.41 Å². The number of unbranched alkanes of at least 4 members (excludes halogenated alkanes) is 1. The van der Waals surface area contributed by atoms with Gasteiger partial charge in [-0.3, -0.25) is 4.79 Å². The molecule has 0 amide bonds. The summed E-state index contributed by atoms with van der Waals surface area (Å²) in [7, 11) is 0. The summed E-state index contributed by atoms with van der Waals surface area (Å²) in [6.07, 6.45) is 4.94. The summed E-state index contributed by atoms with van der Waals surface area (Å²) in [5, 5.41) is 0. The molecule has 1 rings (SSSR count). The quantitative estimate of drug-likeness (QED) is 0.653. The highest BCUT2D eigenvalue weighted by atomic mass is 16.1. The van der Waals surface area contributed by atoms with E-state index in [2.05, 4.69) is 6.92 Å². The van der Waals surface area contributed by atoms with Crippen LogP contribution >= 0.6 is 0 Å². The Balaban J connectivity index is 2.29. The highest BCUT2D eigenvalue weighted by Crippen LogP contribution is 2.46. The molecule has 0 aliphatic heterocycles. The molecule has 1 aliphatic carbocycles. The second kappa shape index (κ2) is 3.35. The van der Waals surface area contributed by atoms with Crippen molar-refractivity contribution in [3.05, 3.63) is 0 Å². The van der Waals surface area contributed by atoms with E-state index in [1.807, 2.05) is 0 Å². The lowest BCUT2D eigenvalue weighted by Crippen LogP contribution is -2.24. The molecule has 64 valence electrons. The minimum absolute atomic E-state index is 0.0603. The molecule has 0 saturated heterocycles. The van der Waals surface area contributed by atoms with Crippen molar-refractivity contribution >= 4 is 5.78 Å². The first-order valence-corrected chi connectivity index (χ1v) is 4.48. The first-order chi connectivity index (χ1) is 5.25. The molecule has 0 aromatic rings. The first-order valence-electron chi connectivity index (χ1n) is 4.48. The summed E-state index contributed by atoms with van der Waals surface area (Å²) >= 11 is 0. The molecule has 0 aromatic carbocycles. The van der Waals surface area contributed by atoms with Crippen molar-refractivity contribution in [3.8, 4) is 0 Å². The number of rotatable bonds is 5. The molecule has 0 aromatic heterocycles. The van der Waals surface area contributed by atoms with Gasteiger partial charge in [-0.25, -0.2) is 0 Å². The van der Waals surface area contributed by atoms with E-state index >= 15 is 0 Å². The van der Waals surface area contributed by atoms with Crippen LogP contribution in [-0.4, -0.2) is 12.3 Å². The fourth-order valence-electron chi connectivity index (χ4n) is 1.35. The molecule has 0 atom stereocenters. The molecule has 11 heavy (non-hydrogen) atoms. The van der Waals surface area contributed by atoms with E-state index in [0.29, 0.717) is 12.3 Å². The fraction of sp³-hybridized carbons (Fsp3) is 0.889. The minimum Gasteiger partial charge on any atom is -0.329 e. The average Bonchev–Trinajstić information content (AvgIpc) is 2.80. The molecular weight excluding hydrogens is 138 g/mol. The standard InChI is InChI=1S/C9H17NO/c1-2-3-4-8(11)9(7-10)5-6-9/h2-7,10H2,1H3. The Bertz CT molecular complexity index is 150. The number of nitrogens with two attached hydrogens (primary N) is 1. The Morgan fingerprint density at radius 2 is 2.18 bits per heavy atom. The SMILES string of the molecule is CCCCC(=O)C1(CN)CC1. The zero-order valence-electron chi connectivity index (χ0n) is 7.23. The summed E-state index contributed by atoms with van der Waals surface area (Å²) in [5.74, 6) is 0.404. The molecule has 1 fully saturated rings. The smallest absolute Gasteiger partial charge is 0.140 e. The lowest BCUT2D eigenvalue weighted by atomic mass is 9.97. The van der Waals surface area contributed by atoms with Gasteiger partial charge in [0.1, 0.15) is 5.78 Å². The van der Waals surface area contributed by atoms with Crippen molar-refractivity contribution in [1.82, 2.24) is 0 Å².